The first-order valence-corrected chi connectivity index (χ1v) is 5.47. The largest absolute Gasteiger partial charge is 0.481 e. The lowest BCUT2D eigenvalue weighted by Crippen LogP contribution is -2.26. The Hall–Kier alpha value is 0.170. The maximum absolute atomic E-state index is 10.6. The van der Waals surface area contributed by atoms with Gasteiger partial charge in [0.05, 0.1) is 5.92 Å². The predicted octanol–water partition coefficient (Wildman–Crippen LogP) is 1.90. The number of rotatable bonds is 2. The average molecular weight is 206 g/mol. The third-order valence-electron chi connectivity index (χ3n) is 2.13. The van der Waals surface area contributed by atoms with Crippen LogP contribution in [0.4, 0.5) is 0 Å². The number of carbonyl (C=O) groups is 1. The van der Waals surface area contributed by atoms with Gasteiger partial charge in [-0.15, -0.1) is 0 Å². The van der Waals surface area contributed by atoms with Crippen LogP contribution in [0.15, 0.2) is 0 Å². The minimum atomic E-state index is -0.664. The Morgan fingerprint density at radius 1 is 1.67 bits per heavy atom. The van der Waals surface area contributed by atoms with Crippen LogP contribution in [0.1, 0.15) is 20.3 Å². The van der Waals surface area contributed by atoms with Crippen LogP contribution in [-0.2, 0) is 4.79 Å². The van der Waals surface area contributed by atoms with Gasteiger partial charge in [0.25, 0.3) is 0 Å². The molecule has 1 saturated heterocycles. The molecule has 0 radical (unpaired) electrons. The Morgan fingerprint density at radius 2 is 2.25 bits per heavy atom. The van der Waals surface area contributed by atoms with Crippen molar-refractivity contribution in [2.75, 3.05) is 5.75 Å². The van der Waals surface area contributed by atoms with Gasteiger partial charge < -0.3 is 5.11 Å². The van der Waals surface area contributed by atoms with Crippen molar-refractivity contribution in [3.8, 4) is 0 Å². The smallest absolute Gasteiger partial charge is 0.307 e. The third-order valence-corrected chi connectivity index (χ3v) is 4.40. The van der Waals surface area contributed by atoms with Crippen LogP contribution in [0, 0.1) is 5.92 Å². The summed E-state index contributed by atoms with van der Waals surface area (Å²) in [5.74, 6) is -0.0849. The van der Waals surface area contributed by atoms with Gasteiger partial charge in [-0.25, -0.2) is 0 Å². The summed E-state index contributed by atoms with van der Waals surface area (Å²) in [6.07, 6.45) is 0.760. The molecule has 1 fully saturated rings. The summed E-state index contributed by atoms with van der Waals surface area (Å²) in [5, 5.41) is 9.14. The molecule has 1 N–H and O–H groups in total. The van der Waals surface area contributed by atoms with E-state index in [1.165, 1.54) is 0 Å². The molecule has 12 heavy (non-hydrogen) atoms. The molecular formula is C8H14O2S2. The zero-order chi connectivity index (χ0) is 9.35. The normalized spacial score (nSPS) is 30.6. The van der Waals surface area contributed by atoms with E-state index in [9.17, 15) is 4.79 Å². The monoisotopic (exact) mass is 206 g/mol. The van der Waals surface area contributed by atoms with E-state index in [-0.39, 0.29) is 10.7 Å². The lowest BCUT2D eigenvalue weighted by atomic mass is 9.99. The highest BCUT2D eigenvalue weighted by Crippen LogP contribution is 2.40. The Morgan fingerprint density at radius 3 is 2.50 bits per heavy atom. The number of hydrogen-bond donors (Lipinski definition) is 2. The second kappa shape index (κ2) is 3.50. The highest BCUT2D eigenvalue weighted by Gasteiger charge is 2.37. The van der Waals surface area contributed by atoms with Crippen molar-refractivity contribution >= 4 is 30.4 Å². The summed E-state index contributed by atoms with van der Waals surface area (Å²) in [7, 11) is 0. The van der Waals surface area contributed by atoms with Gasteiger partial charge in [0.15, 0.2) is 0 Å². The highest BCUT2D eigenvalue weighted by molar-refractivity contribution is 8.01. The number of carboxylic acids is 1. The molecule has 0 aromatic carbocycles. The van der Waals surface area contributed by atoms with Crippen LogP contribution in [0.5, 0.6) is 0 Å². The van der Waals surface area contributed by atoms with Crippen molar-refractivity contribution in [2.45, 2.75) is 30.3 Å². The van der Waals surface area contributed by atoms with Crippen LogP contribution in [0.2, 0.25) is 0 Å². The van der Waals surface area contributed by atoms with Crippen molar-refractivity contribution in [1.82, 2.24) is 0 Å². The van der Waals surface area contributed by atoms with Crippen molar-refractivity contribution in [3.05, 3.63) is 0 Å². The van der Waals surface area contributed by atoms with Crippen LogP contribution < -0.4 is 0 Å². The lowest BCUT2D eigenvalue weighted by Gasteiger charge is -2.24. The summed E-state index contributed by atoms with van der Waals surface area (Å²) in [6.45, 7) is 4.08. The first kappa shape index (κ1) is 10.3. The molecule has 0 bridgehead atoms. The Balaban J connectivity index is 2.51. The average Bonchev–Trinajstić information content (AvgIpc) is 2.30. The van der Waals surface area contributed by atoms with E-state index in [1.807, 2.05) is 13.8 Å². The number of hydrogen-bond acceptors (Lipinski definition) is 3. The van der Waals surface area contributed by atoms with Crippen LogP contribution in [0.25, 0.3) is 0 Å². The molecule has 1 aliphatic rings. The second-order valence-corrected chi connectivity index (χ2v) is 6.13. The van der Waals surface area contributed by atoms with Crippen LogP contribution in [-0.4, -0.2) is 26.8 Å². The molecule has 0 spiro atoms. The fourth-order valence-corrected chi connectivity index (χ4v) is 3.14. The van der Waals surface area contributed by atoms with Crippen LogP contribution >= 0.6 is 24.4 Å². The maximum atomic E-state index is 10.6. The van der Waals surface area contributed by atoms with E-state index in [4.69, 9.17) is 5.11 Å². The van der Waals surface area contributed by atoms with E-state index >= 15 is 0 Å². The van der Waals surface area contributed by atoms with Gasteiger partial charge in [-0.2, -0.15) is 24.4 Å². The van der Waals surface area contributed by atoms with Gasteiger partial charge in [0.1, 0.15) is 0 Å². The quantitative estimate of drug-likeness (QED) is 0.678. The van der Waals surface area contributed by atoms with Gasteiger partial charge in [-0.05, 0) is 20.3 Å². The number of aliphatic carboxylic acids is 1. The van der Waals surface area contributed by atoms with Gasteiger partial charge in [-0.3, -0.25) is 4.79 Å². The molecule has 0 amide bonds. The number of thiol groups is 1. The van der Waals surface area contributed by atoms with E-state index in [0.29, 0.717) is 5.25 Å². The lowest BCUT2D eigenvalue weighted by molar-refractivity contribution is -0.140. The predicted molar refractivity (Wildman–Crippen MR) is 55.1 cm³/mol. The molecule has 2 atom stereocenters. The van der Waals surface area contributed by atoms with Crippen molar-refractivity contribution in [3.63, 3.8) is 0 Å². The van der Waals surface area contributed by atoms with E-state index < -0.39 is 5.97 Å². The summed E-state index contributed by atoms with van der Waals surface area (Å²) < 4.78 is -0.0606. The fourth-order valence-electron chi connectivity index (χ4n) is 1.29. The topological polar surface area (TPSA) is 37.3 Å². The minimum absolute atomic E-state index is 0.0606. The molecule has 2 unspecified atom stereocenters. The van der Waals surface area contributed by atoms with E-state index in [0.717, 1.165) is 12.2 Å². The summed E-state index contributed by atoms with van der Waals surface area (Å²) in [6, 6.07) is 0. The maximum Gasteiger partial charge on any atom is 0.307 e. The van der Waals surface area contributed by atoms with Crippen molar-refractivity contribution in [2.24, 2.45) is 5.92 Å². The molecule has 1 heterocycles. The standard InChI is InChI=1S/C8H14O2S2/c1-8(2,11)6-3-5(4-12-6)7(9)10/h5-6,11H,3-4H2,1-2H3,(H,9,10). The molecule has 1 aliphatic heterocycles. The molecule has 1 rings (SSSR count). The first-order valence-electron chi connectivity index (χ1n) is 3.98. The van der Waals surface area contributed by atoms with Gasteiger partial charge in [0.2, 0.25) is 0 Å². The fraction of sp³-hybridized carbons (Fsp3) is 0.875. The zero-order valence-electron chi connectivity index (χ0n) is 7.28. The van der Waals surface area contributed by atoms with E-state index in [1.54, 1.807) is 11.8 Å². The second-order valence-electron chi connectivity index (χ2n) is 3.75. The summed E-state index contributed by atoms with van der Waals surface area (Å²) in [5.41, 5.74) is 0. The Bertz CT molecular complexity index is 186. The summed E-state index contributed by atoms with van der Waals surface area (Å²) >= 11 is 6.17. The SMILES string of the molecule is CC(C)(S)C1CC(C(=O)O)CS1. The van der Waals surface area contributed by atoms with Gasteiger partial charge >= 0.3 is 5.97 Å². The van der Waals surface area contributed by atoms with Crippen molar-refractivity contribution in [1.29, 1.82) is 0 Å². The molecule has 2 nitrogen and oxygen atoms in total. The Kier molecular flexibility index (Phi) is 2.99. The molecule has 0 aliphatic carbocycles. The van der Waals surface area contributed by atoms with Gasteiger partial charge in [-0.1, -0.05) is 0 Å². The Labute approximate surface area is 82.5 Å². The third kappa shape index (κ3) is 2.33. The van der Waals surface area contributed by atoms with E-state index in [2.05, 4.69) is 12.6 Å². The first-order chi connectivity index (χ1) is 5.41. The molecule has 70 valence electrons. The molecule has 0 saturated carbocycles. The van der Waals surface area contributed by atoms with Crippen LogP contribution in [0.3, 0.4) is 0 Å². The van der Waals surface area contributed by atoms with Crippen molar-refractivity contribution < 1.29 is 9.90 Å². The number of carboxylic acid groups (broad SMARTS) is 1. The summed E-state index contributed by atoms with van der Waals surface area (Å²) in [4.78, 5) is 10.6. The van der Waals surface area contributed by atoms with Gasteiger partial charge in [0, 0.05) is 15.7 Å². The molecular weight excluding hydrogens is 192 g/mol. The number of thioether (sulfide) groups is 1. The minimum Gasteiger partial charge on any atom is -0.481 e. The molecule has 4 heteroatoms. The zero-order valence-corrected chi connectivity index (χ0v) is 8.99. The highest BCUT2D eigenvalue weighted by atomic mass is 32.2. The molecule has 0 aromatic heterocycles. The molecule has 0 aromatic rings.